The third-order valence-electron chi connectivity index (χ3n) is 3.49. The number of aromatic nitrogens is 1. The van der Waals surface area contributed by atoms with Gasteiger partial charge >= 0.3 is 4.87 Å². The molecule has 0 saturated carbocycles. The summed E-state index contributed by atoms with van der Waals surface area (Å²) in [6.07, 6.45) is 0.728. The van der Waals surface area contributed by atoms with Crippen LogP contribution in [0.5, 0.6) is 0 Å². The van der Waals surface area contributed by atoms with Crippen LogP contribution in [0.4, 0.5) is 4.39 Å². The lowest BCUT2D eigenvalue weighted by molar-refractivity contribution is 0.216. The Labute approximate surface area is 122 Å². The lowest BCUT2D eigenvalue weighted by Crippen LogP contribution is -2.30. The molecule has 1 aromatic heterocycles. The van der Waals surface area contributed by atoms with Crippen molar-refractivity contribution in [2.45, 2.75) is 26.3 Å². The Morgan fingerprint density at radius 3 is 2.40 bits per heavy atom. The second kappa shape index (κ2) is 6.81. The summed E-state index contributed by atoms with van der Waals surface area (Å²) in [6, 6.07) is 6.77. The molecule has 0 aliphatic carbocycles. The van der Waals surface area contributed by atoms with Crippen molar-refractivity contribution in [3.8, 4) is 0 Å². The molecular weight excluding hydrogens is 275 g/mol. The van der Waals surface area contributed by atoms with Gasteiger partial charge in [-0.05, 0) is 30.8 Å². The van der Waals surface area contributed by atoms with Gasteiger partial charge in [-0.15, -0.1) is 0 Å². The van der Waals surface area contributed by atoms with Gasteiger partial charge in [0.2, 0.25) is 0 Å². The Balaban J connectivity index is 2.28. The second-order valence-corrected chi connectivity index (χ2v) is 5.51. The molecule has 1 heterocycles. The second-order valence-electron chi connectivity index (χ2n) is 4.67. The number of nitrogens with one attached hydrogen (secondary N) is 1. The Hall–Kier alpha value is -1.46. The minimum absolute atomic E-state index is 0.0302. The highest BCUT2D eigenvalue weighted by Gasteiger charge is 2.19. The van der Waals surface area contributed by atoms with Crippen molar-refractivity contribution in [2.24, 2.45) is 0 Å². The van der Waals surface area contributed by atoms with E-state index >= 15 is 0 Å². The number of aromatic amines is 1. The smallest absolute Gasteiger partial charge is 0.304 e. The van der Waals surface area contributed by atoms with Crippen LogP contribution in [0.1, 0.15) is 31.1 Å². The van der Waals surface area contributed by atoms with E-state index in [9.17, 15) is 9.18 Å². The van der Waals surface area contributed by atoms with Crippen molar-refractivity contribution in [1.29, 1.82) is 0 Å². The normalized spacial score (nSPS) is 12.8. The summed E-state index contributed by atoms with van der Waals surface area (Å²) in [7, 11) is 0. The first kappa shape index (κ1) is 14.9. The van der Waals surface area contributed by atoms with Gasteiger partial charge in [0.05, 0.1) is 0 Å². The molecule has 1 aromatic carbocycles. The zero-order chi connectivity index (χ0) is 14.5. The minimum Gasteiger partial charge on any atom is -0.317 e. The molecule has 0 bridgehead atoms. The number of hydrogen-bond donors (Lipinski definition) is 1. The zero-order valence-corrected chi connectivity index (χ0v) is 12.5. The van der Waals surface area contributed by atoms with Crippen LogP contribution in [0.3, 0.4) is 0 Å². The van der Waals surface area contributed by atoms with Gasteiger partial charge in [0, 0.05) is 23.5 Å². The summed E-state index contributed by atoms with van der Waals surface area (Å²) in [5.41, 5.74) is 2.00. The van der Waals surface area contributed by atoms with Crippen LogP contribution in [-0.2, 0) is 6.42 Å². The topological polar surface area (TPSA) is 36.1 Å². The van der Waals surface area contributed by atoms with E-state index in [0.717, 1.165) is 30.8 Å². The molecule has 5 heteroatoms. The molecule has 0 spiro atoms. The fourth-order valence-corrected chi connectivity index (χ4v) is 3.02. The van der Waals surface area contributed by atoms with Crippen LogP contribution < -0.4 is 4.87 Å². The van der Waals surface area contributed by atoms with Gasteiger partial charge in [0.1, 0.15) is 5.82 Å². The molecular formula is C15H19FN2OS. The number of thiazole rings is 1. The van der Waals surface area contributed by atoms with Gasteiger partial charge in [-0.25, -0.2) is 4.39 Å². The fourth-order valence-electron chi connectivity index (χ4n) is 2.43. The third kappa shape index (κ3) is 3.55. The highest BCUT2D eigenvalue weighted by atomic mass is 32.1. The van der Waals surface area contributed by atoms with Gasteiger partial charge < -0.3 is 4.98 Å². The van der Waals surface area contributed by atoms with Crippen molar-refractivity contribution in [1.82, 2.24) is 9.88 Å². The third-order valence-corrected chi connectivity index (χ3v) is 4.21. The zero-order valence-electron chi connectivity index (χ0n) is 11.7. The highest BCUT2D eigenvalue weighted by Crippen LogP contribution is 2.24. The summed E-state index contributed by atoms with van der Waals surface area (Å²) >= 11 is 1.18. The van der Waals surface area contributed by atoms with Crippen LogP contribution in [0.25, 0.3) is 0 Å². The van der Waals surface area contributed by atoms with E-state index in [4.69, 9.17) is 0 Å². The predicted octanol–water partition coefficient (Wildman–Crippen LogP) is 3.20. The maximum atomic E-state index is 13.1. The van der Waals surface area contributed by atoms with Crippen molar-refractivity contribution < 1.29 is 4.39 Å². The van der Waals surface area contributed by atoms with Crippen molar-refractivity contribution in [3.05, 3.63) is 56.4 Å². The Morgan fingerprint density at radius 1 is 1.25 bits per heavy atom. The number of halogens is 1. The quantitative estimate of drug-likeness (QED) is 0.888. The molecule has 1 N–H and O–H groups in total. The summed E-state index contributed by atoms with van der Waals surface area (Å²) in [4.78, 5) is 16.4. The molecule has 0 saturated heterocycles. The number of H-pyrrole nitrogens is 1. The maximum absolute atomic E-state index is 13.1. The van der Waals surface area contributed by atoms with Crippen LogP contribution >= 0.6 is 11.3 Å². The van der Waals surface area contributed by atoms with Crippen molar-refractivity contribution >= 4 is 11.3 Å². The average molecular weight is 294 g/mol. The van der Waals surface area contributed by atoms with Crippen LogP contribution in [0, 0.1) is 5.82 Å². The monoisotopic (exact) mass is 294 g/mol. The molecule has 1 unspecified atom stereocenters. The van der Waals surface area contributed by atoms with Gasteiger partial charge in [0.15, 0.2) is 0 Å². The highest BCUT2D eigenvalue weighted by molar-refractivity contribution is 7.07. The number of likely N-dealkylation sites (N-methyl/N-ethyl adjacent to an activating group) is 1. The number of nitrogens with zero attached hydrogens (tertiary/aromatic N) is 1. The molecule has 3 nitrogen and oxygen atoms in total. The number of benzene rings is 1. The molecule has 0 fully saturated rings. The van der Waals surface area contributed by atoms with Gasteiger partial charge in [-0.2, -0.15) is 0 Å². The minimum atomic E-state index is -0.226. The molecule has 2 rings (SSSR count). The van der Waals surface area contributed by atoms with Crippen molar-refractivity contribution in [2.75, 3.05) is 13.1 Å². The molecule has 2 aromatic rings. The van der Waals surface area contributed by atoms with Crippen LogP contribution in [-0.4, -0.2) is 23.0 Å². The van der Waals surface area contributed by atoms with Crippen LogP contribution in [0.2, 0.25) is 0 Å². The van der Waals surface area contributed by atoms with Crippen molar-refractivity contribution in [3.63, 3.8) is 0 Å². The first-order valence-electron chi connectivity index (χ1n) is 6.80. The largest absolute Gasteiger partial charge is 0.317 e. The first-order chi connectivity index (χ1) is 9.63. The molecule has 20 heavy (non-hydrogen) atoms. The fraction of sp³-hybridized carbons (Fsp3) is 0.400. The van der Waals surface area contributed by atoms with Gasteiger partial charge in [-0.3, -0.25) is 9.69 Å². The molecule has 0 amide bonds. The maximum Gasteiger partial charge on any atom is 0.304 e. The molecule has 0 aliphatic rings. The SMILES string of the molecule is CCN(CC)C(Cc1csc(=O)[nH]1)c1ccc(F)cc1. The Kier molecular flexibility index (Phi) is 5.09. The summed E-state index contributed by atoms with van der Waals surface area (Å²) in [5, 5.41) is 1.86. The lowest BCUT2D eigenvalue weighted by Gasteiger charge is -2.29. The Bertz CT molecular complexity index is 586. The number of hydrogen-bond acceptors (Lipinski definition) is 3. The summed E-state index contributed by atoms with van der Waals surface area (Å²) in [6.45, 7) is 6.03. The van der Waals surface area contributed by atoms with E-state index in [1.165, 1.54) is 23.5 Å². The molecule has 0 aliphatic heterocycles. The van der Waals surface area contributed by atoms with E-state index in [-0.39, 0.29) is 16.7 Å². The van der Waals surface area contributed by atoms with E-state index in [1.807, 2.05) is 17.5 Å². The molecule has 1 atom stereocenters. The summed E-state index contributed by atoms with van der Waals surface area (Å²) in [5.74, 6) is -0.226. The number of rotatable bonds is 6. The van der Waals surface area contributed by atoms with E-state index in [1.54, 1.807) is 0 Å². The van der Waals surface area contributed by atoms with Gasteiger partial charge in [0.25, 0.3) is 0 Å². The van der Waals surface area contributed by atoms with E-state index < -0.39 is 0 Å². The first-order valence-corrected chi connectivity index (χ1v) is 7.68. The predicted molar refractivity (Wildman–Crippen MR) is 80.7 cm³/mol. The van der Waals surface area contributed by atoms with Crippen LogP contribution in [0.15, 0.2) is 34.4 Å². The van der Waals surface area contributed by atoms with Gasteiger partial charge in [-0.1, -0.05) is 37.3 Å². The van der Waals surface area contributed by atoms with E-state index in [0.29, 0.717) is 0 Å². The molecule has 0 radical (unpaired) electrons. The standard InChI is InChI=1S/C15H19FN2OS/c1-3-18(4-2)14(9-13-10-20-15(19)17-13)11-5-7-12(16)8-6-11/h5-8,10,14H,3-4,9H2,1-2H3,(H,17,19). The average Bonchev–Trinajstić information content (AvgIpc) is 2.85. The van der Waals surface area contributed by atoms with E-state index in [2.05, 4.69) is 23.7 Å². The molecule has 108 valence electrons. The Morgan fingerprint density at radius 2 is 1.90 bits per heavy atom. The summed E-state index contributed by atoms with van der Waals surface area (Å²) < 4.78 is 13.1. The lowest BCUT2D eigenvalue weighted by atomic mass is 10.0.